The smallest absolute Gasteiger partial charge is 0.144 e. The first-order chi connectivity index (χ1) is 8.24. The number of rotatable bonds is 1. The van der Waals surface area contributed by atoms with Crippen molar-refractivity contribution in [2.24, 2.45) is 0 Å². The van der Waals surface area contributed by atoms with Crippen molar-refractivity contribution >= 4 is 21.4 Å². The van der Waals surface area contributed by atoms with E-state index in [1.807, 2.05) is 18.3 Å². The van der Waals surface area contributed by atoms with E-state index in [2.05, 4.69) is 62.7 Å². The second-order valence-electron chi connectivity index (χ2n) is 4.09. The minimum atomic E-state index is 0.973. The molecule has 0 aliphatic heterocycles. The predicted molar refractivity (Wildman–Crippen MR) is 73.1 cm³/mol. The number of aromatic nitrogens is 2. The summed E-state index contributed by atoms with van der Waals surface area (Å²) in [7, 11) is 0. The molecule has 3 aromatic rings. The van der Waals surface area contributed by atoms with Gasteiger partial charge in [-0.25, -0.2) is 4.98 Å². The van der Waals surface area contributed by atoms with Crippen LogP contribution in [-0.2, 0) is 0 Å². The van der Waals surface area contributed by atoms with E-state index >= 15 is 0 Å². The molecular formula is C14H11BrN2. The average molecular weight is 287 g/mol. The monoisotopic (exact) mass is 286 g/mol. The Bertz CT molecular complexity index is 686. The van der Waals surface area contributed by atoms with Gasteiger partial charge in [0.1, 0.15) is 5.82 Å². The third kappa shape index (κ3) is 1.87. The molecule has 0 spiro atoms. The van der Waals surface area contributed by atoms with Crippen LogP contribution in [-0.4, -0.2) is 9.38 Å². The van der Waals surface area contributed by atoms with Crippen molar-refractivity contribution < 1.29 is 0 Å². The first-order valence-corrected chi connectivity index (χ1v) is 6.23. The molecule has 0 unspecified atom stereocenters. The van der Waals surface area contributed by atoms with Gasteiger partial charge < -0.3 is 0 Å². The van der Waals surface area contributed by atoms with Crippen LogP contribution in [0.3, 0.4) is 0 Å². The van der Waals surface area contributed by atoms with Crippen molar-refractivity contribution in [1.82, 2.24) is 9.38 Å². The highest BCUT2D eigenvalue weighted by molar-refractivity contribution is 9.10. The van der Waals surface area contributed by atoms with Gasteiger partial charge in [-0.2, -0.15) is 0 Å². The number of hydrogen-bond donors (Lipinski definition) is 0. The van der Waals surface area contributed by atoms with E-state index < -0.39 is 0 Å². The molecule has 0 saturated heterocycles. The lowest BCUT2D eigenvalue weighted by atomic mass is 10.2. The van der Waals surface area contributed by atoms with Gasteiger partial charge in [0, 0.05) is 16.2 Å². The lowest BCUT2D eigenvalue weighted by molar-refractivity contribution is 1.15. The molecule has 3 rings (SSSR count). The van der Waals surface area contributed by atoms with Crippen molar-refractivity contribution in [3.8, 4) is 11.4 Å². The Balaban J connectivity index is 2.24. The summed E-state index contributed by atoms with van der Waals surface area (Å²) in [6.45, 7) is 2.09. The van der Waals surface area contributed by atoms with Gasteiger partial charge in [0.15, 0.2) is 0 Å². The number of aryl methyl sites for hydroxylation is 1. The minimum absolute atomic E-state index is 0.973. The summed E-state index contributed by atoms with van der Waals surface area (Å²) in [5.74, 6) is 0.973. The van der Waals surface area contributed by atoms with Gasteiger partial charge in [0.05, 0.1) is 11.7 Å². The van der Waals surface area contributed by atoms with Crippen LogP contribution in [0.1, 0.15) is 5.56 Å². The highest BCUT2D eigenvalue weighted by Crippen LogP contribution is 2.23. The number of nitrogens with zero attached hydrogens (tertiary/aromatic N) is 2. The zero-order valence-corrected chi connectivity index (χ0v) is 11.0. The van der Waals surface area contributed by atoms with Crippen LogP contribution in [0.2, 0.25) is 0 Å². The van der Waals surface area contributed by atoms with Crippen LogP contribution >= 0.6 is 15.9 Å². The van der Waals surface area contributed by atoms with E-state index in [4.69, 9.17) is 0 Å². The van der Waals surface area contributed by atoms with Gasteiger partial charge >= 0.3 is 0 Å². The Morgan fingerprint density at radius 2 is 2.06 bits per heavy atom. The summed E-state index contributed by atoms with van der Waals surface area (Å²) in [5, 5.41) is 0. The summed E-state index contributed by atoms with van der Waals surface area (Å²) < 4.78 is 3.17. The number of pyridine rings is 1. The normalized spacial score (nSPS) is 10.9. The highest BCUT2D eigenvalue weighted by atomic mass is 79.9. The number of fused-ring (bicyclic) bond motifs is 1. The molecule has 2 aromatic heterocycles. The molecule has 0 atom stereocenters. The molecule has 1 aromatic carbocycles. The molecule has 0 aliphatic rings. The van der Waals surface area contributed by atoms with Crippen molar-refractivity contribution in [3.05, 3.63) is 58.8 Å². The van der Waals surface area contributed by atoms with Crippen LogP contribution in [0.15, 0.2) is 53.3 Å². The maximum atomic E-state index is 4.49. The van der Waals surface area contributed by atoms with E-state index in [1.165, 1.54) is 5.56 Å². The fourth-order valence-corrected chi connectivity index (χ4v) is 2.35. The zero-order valence-electron chi connectivity index (χ0n) is 9.39. The third-order valence-electron chi connectivity index (χ3n) is 2.77. The molecule has 0 fully saturated rings. The van der Waals surface area contributed by atoms with E-state index in [1.54, 1.807) is 0 Å². The van der Waals surface area contributed by atoms with Gasteiger partial charge in [0.25, 0.3) is 0 Å². The molecule has 0 radical (unpaired) electrons. The Hall–Kier alpha value is -1.61. The highest BCUT2D eigenvalue weighted by Gasteiger charge is 2.06. The lowest BCUT2D eigenvalue weighted by Gasteiger charge is -2.02. The molecule has 0 N–H and O–H groups in total. The maximum Gasteiger partial charge on any atom is 0.144 e. The SMILES string of the molecule is Cc1ccn2c(-c3cccc(Br)c3)ncc2c1. The Kier molecular flexibility index (Phi) is 2.48. The first-order valence-electron chi connectivity index (χ1n) is 5.44. The van der Waals surface area contributed by atoms with E-state index in [0.29, 0.717) is 0 Å². The summed E-state index contributed by atoms with van der Waals surface area (Å²) in [4.78, 5) is 4.49. The van der Waals surface area contributed by atoms with Gasteiger partial charge in [0.2, 0.25) is 0 Å². The number of hydrogen-bond acceptors (Lipinski definition) is 1. The quantitative estimate of drug-likeness (QED) is 0.659. The predicted octanol–water partition coefficient (Wildman–Crippen LogP) is 4.07. The van der Waals surface area contributed by atoms with Gasteiger partial charge in [-0.05, 0) is 36.8 Å². The van der Waals surface area contributed by atoms with Crippen LogP contribution in [0.25, 0.3) is 16.9 Å². The van der Waals surface area contributed by atoms with E-state index in [9.17, 15) is 0 Å². The standard InChI is InChI=1S/C14H11BrN2/c1-10-5-6-17-13(7-10)9-16-14(17)11-3-2-4-12(15)8-11/h2-9H,1H3. The fraction of sp³-hybridized carbons (Fsp3) is 0.0714. The minimum Gasteiger partial charge on any atom is -0.300 e. The largest absolute Gasteiger partial charge is 0.300 e. The number of benzene rings is 1. The fourth-order valence-electron chi connectivity index (χ4n) is 1.95. The van der Waals surface area contributed by atoms with Crippen molar-refractivity contribution in [1.29, 1.82) is 0 Å². The summed E-state index contributed by atoms with van der Waals surface area (Å²) in [6, 6.07) is 12.4. The average Bonchev–Trinajstić information content (AvgIpc) is 2.71. The lowest BCUT2D eigenvalue weighted by Crippen LogP contribution is -1.89. The summed E-state index contributed by atoms with van der Waals surface area (Å²) in [5.41, 5.74) is 3.49. The van der Waals surface area contributed by atoms with Crippen molar-refractivity contribution in [3.63, 3.8) is 0 Å². The van der Waals surface area contributed by atoms with Crippen molar-refractivity contribution in [2.45, 2.75) is 6.92 Å². The zero-order chi connectivity index (χ0) is 11.8. The Morgan fingerprint density at radius 3 is 2.88 bits per heavy atom. The van der Waals surface area contributed by atoms with Gasteiger partial charge in [-0.15, -0.1) is 0 Å². The molecule has 0 bridgehead atoms. The molecule has 0 amide bonds. The van der Waals surface area contributed by atoms with Crippen LogP contribution in [0, 0.1) is 6.92 Å². The topological polar surface area (TPSA) is 17.3 Å². The summed E-state index contributed by atoms with van der Waals surface area (Å²) >= 11 is 3.49. The molecule has 0 aliphatic carbocycles. The first kappa shape index (κ1) is 10.5. The Morgan fingerprint density at radius 1 is 1.18 bits per heavy atom. The van der Waals surface area contributed by atoms with E-state index in [-0.39, 0.29) is 0 Å². The van der Waals surface area contributed by atoms with Crippen molar-refractivity contribution in [2.75, 3.05) is 0 Å². The van der Waals surface area contributed by atoms with Gasteiger partial charge in [-0.3, -0.25) is 4.40 Å². The summed E-state index contributed by atoms with van der Waals surface area (Å²) in [6.07, 6.45) is 3.97. The molecule has 2 heterocycles. The second kappa shape index (κ2) is 4.00. The molecule has 84 valence electrons. The number of halogens is 1. The van der Waals surface area contributed by atoms with Crippen LogP contribution in [0.4, 0.5) is 0 Å². The van der Waals surface area contributed by atoms with Crippen LogP contribution < -0.4 is 0 Å². The van der Waals surface area contributed by atoms with Gasteiger partial charge in [-0.1, -0.05) is 28.1 Å². The van der Waals surface area contributed by atoms with E-state index in [0.717, 1.165) is 21.4 Å². The third-order valence-corrected chi connectivity index (χ3v) is 3.26. The number of imidazole rings is 1. The molecular weight excluding hydrogens is 276 g/mol. The van der Waals surface area contributed by atoms with Crippen LogP contribution in [0.5, 0.6) is 0 Å². The molecule has 0 saturated carbocycles. The molecule has 3 heteroatoms. The second-order valence-corrected chi connectivity index (χ2v) is 5.01. The maximum absolute atomic E-state index is 4.49. The molecule has 2 nitrogen and oxygen atoms in total. The Labute approximate surface area is 108 Å². The molecule has 17 heavy (non-hydrogen) atoms.